The lowest BCUT2D eigenvalue weighted by molar-refractivity contribution is 0.604. The van der Waals surface area contributed by atoms with Crippen molar-refractivity contribution < 1.29 is 8.83 Å². The van der Waals surface area contributed by atoms with Crippen molar-refractivity contribution in [2.75, 3.05) is 4.90 Å². The summed E-state index contributed by atoms with van der Waals surface area (Å²) >= 11 is 0. The summed E-state index contributed by atoms with van der Waals surface area (Å²) < 4.78 is 13.0. The van der Waals surface area contributed by atoms with Gasteiger partial charge in [-0.15, -0.1) is 0 Å². The summed E-state index contributed by atoms with van der Waals surface area (Å²) in [5, 5.41) is 3.27. The van der Waals surface area contributed by atoms with E-state index in [2.05, 4.69) is 133 Å². The van der Waals surface area contributed by atoms with Gasteiger partial charge in [-0.05, 0) is 72.7 Å². The summed E-state index contributed by atoms with van der Waals surface area (Å²) in [6.45, 7) is 6.05. The van der Waals surface area contributed by atoms with Crippen molar-refractivity contribution in [1.82, 2.24) is 0 Å². The van der Waals surface area contributed by atoms with Crippen molar-refractivity contribution in [3.8, 4) is 22.3 Å². The van der Waals surface area contributed by atoms with Crippen molar-refractivity contribution in [2.24, 2.45) is 0 Å². The topological polar surface area (TPSA) is 29.5 Å². The number of allylic oxidation sites excluding steroid dienone is 1. The third-order valence-corrected chi connectivity index (χ3v) is 8.53. The molecule has 46 heavy (non-hydrogen) atoms. The Morgan fingerprint density at radius 1 is 0.543 bits per heavy atom. The number of anilines is 3. The highest BCUT2D eigenvalue weighted by Gasteiger charge is 2.20. The third kappa shape index (κ3) is 4.61. The van der Waals surface area contributed by atoms with E-state index >= 15 is 0 Å². The van der Waals surface area contributed by atoms with Crippen molar-refractivity contribution in [3.63, 3.8) is 0 Å². The molecule has 0 radical (unpaired) electrons. The number of rotatable bonds is 7. The number of para-hydroxylation sites is 5. The lowest BCUT2D eigenvalue weighted by atomic mass is 9.95. The van der Waals surface area contributed by atoms with Gasteiger partial charge in [0.1, 0.15) is 22.5 Å². The van der Waals surface area contributed by atoms with Crippen LogP contribution in [0.5, 0.6) is 0 Å². The van der Waals surface area contributed by atoms with Gasteiger partial charge in [0, 0.05) is 49.9 Å². The van der Waals surface area contributed by atoms with E-state index in [4.69, 9.17) is 8.83 Å². The maximum atomic E-state index is 6.53. The molecule has 8 aromatic rings. The van der Waals surface area contributed by atoms with Crippen LogP contribution in [0, 0.1) is 0 Å². The Hall–Kier alpha value is -6.06. The van der Waals surface area contributed by atoms with Gasteiger partial charge in [0.25, 0.3) is 0 Å². The summed E-state index contributed by atoms with van der Waals surface area (Å²) in [6, 6.07) is 48.7. The van der Waals surface area contributed by atoms with E-state index in [1.165, 1.54) is 0 Å². The van der Waals surface area contributed by atoms with Gasteiger partial charge in [-0.2, -0.15) is 0 Å². The minimum Gasteiger partial charge on any atom is -0.455 e. The third-order valence-electron chi connectivity index (χ3n) is 8.53. The molecule has 0 atom stereocenters. The predicted octanol–water partition coefficient (Wildman–Crippen LogP) is 12.8. The standard InChI is InChI=1S/C43H31NO2/c1-3-15-36-38-23-13-21-34(42(38)45-40(36)4-2)29-26-30(35-22-14-24-39-37-20-11-12-25-41(37)46-43(35)39)28-33(27-29)44(31-16-7-5-8-17-31)32-18-9-6-10-19-32/h3-28H,2H2,1H3/b15-3-. The van der Waals surface area contributed by atoms with Crippen LogP contribution in [-0.4, -0.2) is 0 Å². The van der Waals surface area contributed by atoms with E-state index < -0.39 is 0 Å². The molecule has 0 amide bonds. The van der Waals surface area contributed by atoms with Crippen LogP contribution in [0.4, 0.5) is 17.1 Å². The van der Waals surface area contributed by atoms with E-state index in [9.17, 15) is 0 Å². The van der Waals surface area contributed by atoms with Crippen LogP contribution < -0.4 is 4.90 Å². The Labute approximate surface area is 267 Å². The smallest absolute Gasteiger partial charge is 0.143 e. The zero-order valence-electron chi connectivity index (χ0n) is 25.5. The Kier molecular flexibility index (Phi) is 6.85. The lowest BCUT2D eigenvalue weighted by Crippen LogP contribution is -2.10. The molecule has 2 heterocycles. The molecule has 0 aliphatic rings. The van der Waals surface area contributed by atoms with E-state index in [0.717, 1.165) is 83.5 Å². The van der Waals surface area contributed by atoms with E-state index in [1.807, 2.05) is 37.3 Å². The van der Waals surface area contributed by atoms with Crippen molar-refractivity contribution in [1.29, 1.82) is 0 Å². The molecule has 0 aliphatic heterocycles. The molecule has 6 aromatic carbocycles. The first-order valence-electron chi connectivity index (χ1n) is 15.5. The van der Waals surface area contributed by atoms with Crippen LogP contribution in [-0.2, 0) is 0 Å². The first-order chi connectivity index (χ1) is 22.7. The first kappa shape index (κ1) is 27.5. The number of fused-ring (bicyclic) bond motifs is 4. The highest BCUT2D eigenvalue weighted by molar-refractivity contribution is 6.10. The summed E-state index contributed by atoms with van der Waals surface area (Å²) in [4.78, 5) is 2.30. The van der Waals surface area contributed by atoms with Crippen LogP contribution in [0.1, 0.15) is 18.2 Å². The number of hydrogen-bond donors (Lipinski definition) is 0. The summed E-state index contributed by atoms with van der Waals surface area (Å²) in [5.74, 6) is 0.763. The fourth-order valence-electron chi connectivity index (χ4n) is 6.50. The fraction of sp³-hybridized carbons (Fsp3) is 0.0233. The average molecular weight is 594 g/mol. The monoisotopic (exact) mass is 593 g/mol. The second-order valence-electron chi connectivity index (χ2n) is 11.3. The van der Waals surface area contributed by atoms with Crippen LogP contribution >= 0.6 is 0 Å². The van der Waals surface area contributed by atoms with E-state index in [1.54, 1.807) is 6.08 Å². The molecular formula is C43H31NO2. The van der Waals surface area contributed by atoms with Crippen LogP contribution in [0.15, 0.2) is 161 Å². The average Bonchev–Trinajstić information content (AvgIpc) is 3.67. The Morgan fingerprint density at radius 2 is 1.11 bits per heavy atom. The zero-order valence-corrected chi connectivity index (χ0v) is 25.5. The van der Waals surface area contributed by atoms with Gasteiger partial charge in [-0.25, -0.2) is 0 Å². The number of hydrogen-bond acceptors (Lipinski definition) is 3. The van der Waals surface area contributed by atoms with E-state index in [-0.39, 0.29) is 0 Å². The molecule has 0 unspecified atom stereocenters. The van der Waals surface area contributed by atoms with Crippen molar-refractivity contribution in [2.45, 2.75) is 6.92 Å². The maximum Gasteiger partial charge on any atom is 0.143 e. The zero-order chi connectivity index (χ0) is 31.0. The highest BCUT2D eigenvalue weighted by Crippen LogP contribution is 2.44. The summed E-state index contributed by atoms with van der Waals surface area (Å²) in [7, 11) is 0. The molecule has 0 bridgehead atoms. The quantitative estimate of drug-likeness (QED) is 0.184. The van der Waals surface area contributed by atoms with Gasteiger partial charge in [-0.1, -0.05) is 110 Å². The molecule has 8 rings (SSSR count). The van der Waals surface area contributed by atoms with Crippen LogP contribution in [0.2, 0.25) is 0 Å². The van der Waals surface area contributed by atoms with Gasteiger partial charge in [0.15, 0.2) is 0 Å². The van der Waals surface area contributed by atoms with Gasteiger partial charge in [0.2, 0.25) is 0 Å². The predicted molar refractivity (Wildman–Crippen MR) is 194 cm³/mol. The number of nitrogens with zero attached hydrogens (tertiary/aromatic N) is 1. The second-order valence-corrected chi connectivity index (χ2v) is 11.3. The largest absolute Gasteiger partial charge is 0.455 e. The Bertz CT molecular complexity index is 2350. The molecule has 0 saturated carbocycles. The SMILES string of the molecule is C=Cc1oc2c(-c3cc(-c4cccc5c4oc4ccccc45)cc(N(c4ccccc4)c4ccccc4)c3)cccc2c1/C=C\C. The molecule has 0 N–H and O–H groups in total. The van der Waals surface area contributed by atoms with E-state index in [0.29, 0.717) is 0 Å². The van der Waals surface area contributed by atoms with Crippen LogP contribution in [0.3, 0.4) is 0 Å². The normalized spacial score (nSPS) is 11.6. The molecular weight excluding hydrogens is 562 g/mol. The molecule has 2 aromatic heterocycles. The molecule has 0 aliphatic carbocycles. The Morgan fingerprint density at radius 3 is 1.74 bits per heavy atom. The fourth-order valence-corrected chi connectivity index (χ4v) is 6.50. The van der Waals surface area contributed by atoms with Gasteiger partial charge in [-0.3, -0.25) is 0 Å². The molecule has 0 saturated heterocycles. The molecule has 3 nitrogen and oxygen atoms in total. The van der Waals surface area contributed by atoms with Crippen LogP contribution in [0.25, 0.3) is 67.3 Å². The summed E-state index contributed by atoms with van der Waals surface area (Å²) in [5.41, 5.74) is 10.9. The van der Waals surface area contributed by atoms with Gasteiger partial charge >= 0.3 is 0 Å². The van der Waals surface area contributed by atoms with Crippen molar-refractivity contribution in [3.05, 3.63) is 164 Å². The maximum absolute atomic E-state index is 6.53. The Balaban J connectivity index is 1.44. The molecule has 0 spiro atoms. The first-order valence-corrected chi connectivity index (χ1v) is 15.5. The molecule has 220 valence electrons. The molecule has 0 fully saturated rings. The van der Waals surface area contributed by atoms with Gasteiger partial charge < -0.3 is 13.7 Å². The lowest BCUT2D eigenvalue weighted by Gasteiger charge is -2.26. The highest BCUT2D eigenvalue weighted by atomic mass is 16.3. The minimum atomic E-state index is 0.763. The van der Waals surface area contributed by atoms with Gasteiger partial charge in [0.05, 0.1) is 0 Å². The summed E-state index contributed by atoms with van der Waals surface area (Å²) in [6.07, 6.45) is 5.91. The number of furan rings is 2. The molecule has 3 heteroatoms. The minimum absolute atomic E-state index is 0.763. The second kappa shape index (κ2) is 11.5. The number of benzene rings is 6. The van der Waals surface area contributed by atoms with Crippen molar-refractivity contribution >= 4 is 62.1 Å².